The normalized spacial score (nSPS) is 22.0. The first-order valence-corrected chi connectivity index (χ1v) is 14.4. The summed E-state index contributed by atoms with van der Waals surface area (Å²) in [6, 6.07) is 39.1. The van der Waals surface area contributed by atoms with E-state index < -0.39 is 48.2 Å². The molecule has 1 fully saturated rings. The number of benzene rings is 4. The van der Waals surface area contributed by atoms with Gasteiger partial charge in [-0.05, 0) is 29.2 Å². The molecule has 4 aromatic rings. The Hall–Kier alpha value is -4.30. The van der Waals surface area contributed by atoms with Crippen LogP contribution in [0.4, 0.5) is 0 Å². The van der Waals surface area contributed by atoms with Crippen molar-refractivity contribution in [2.45, 2.75) is 63.7 Å². The first kappa shape index (κ1) is 30.2. The van der Waals surface area contributed by atoms with Crippen molar-refractivity contribution >= 4 is 11.9 Å². The van der Waals surface area contributed by atoms with Crippen molar-refractivity contribution in [3.05, 3.63) is 144 Å². The highest BCUT2D eigenvalue weighted by Crippen LogP contribution is 2.44. The molecule has 0 spiro atoms. The van der Waals surface area contributed by atoms with Crippen molar-refractivity contribution in [2.75, 3.05) is 0 Å². The lowest BCUT2D eigenvalue weighted by atomic mass is 9.79. The van der Waals surface area contributed by atoms with E-state index in [2.05, 4.69) is 0 Å². The van der Waals surface area contributed by atoms with Gasteiger partial charge in [0.05, 0.1) is 12.7 Å². The third-order valence-electron chi connectivity index (χ3n) is 7.44. The summed E-state index contributed by atoms with van der Waals surface area (Å²) in [7, 11) is 0. The molecule has 0 aliphatic carbocycles. The number of carbonyl (C=O) groups excluding carboxylic acids is 2. The van der Waals surface area contributed by atoms with Crippen LogP contribution in [0.3, 0.4) is 0 Å². The zero-order chi connectivity index (χ0) is 30.2. The average molecular weight is 581 g/mol. The molecule has 7 nitrogen and oxygen atoms in total. The van der Waals surface area contributed by atoms with E-state index in [0.717, 1.165) is 22.3 Å². The van der Waals surface area contributed by atoms with Gasteiger partial charge in [-0.1, -0.05) is 121 Å². The van der Waals surface area contributed by atoms with Crippen LogP contribution in [0.2, 0.25) is 0 Å². The van der Waals surface area contributed by atoms with Gasteiger partial charge in [0.25, 0.3) is 0 Å². The quantitative estimate of drug-likeness (QED) is 0.164. The summed E-state index contributed by atoms with van der Waals surface area (Å²) < 4.78 is 31.6. The Morgan fingerprint density at radius 3 is 1.49 bits per heavy atom. The average Bonchev–Trinajstić information content (AvgIpc) is 3.03. The van der Waals surface area contributed by atoms with Crippen LogP contribution in [0.5, 0.6) is 0 Å². The maximum atomic E-state index is 12.6. The topological polar surface area (TPSA) is 80.3 Å². The lowest BCUT2D eigenvalue weighted by Crippen LogP contribution is -2.62. The maximum Gasteiger partial charge on any atom is 0.303 e. The van der Waals surface area contributed by atoms with Crippen LogP contribution in [0.15, 0.2) is 121 Å². The van der Waals surface area contributed by atoms with E-state index in [1.807, 2.05) is 121 Å². The van der Waals surface area contributed by atoms with Crippen LogP contribution >= 0.6 is 0 Å². The number of carbonyl (C=O) groups is 2. The molecule has 1 saturated heterocycles. The van der Waals surface area contributed by atoms with E-state index in [1.54, 1.807) is 6.92 Å². The van der Waals surface area contributed by atoms with E-state index in [9.17, 15) is 9.59 Å². The second kappa shape index (κ2) is 13.8. The van der Waals surface area contributed by atoms with Gasteiger partial charge in [0.1, 0.15) is 11.7 Å². The first-order valence-electron chi connectivity index (χ1n) is 14.4. The molecular weight excluding hydrogens is 544 g/mol. The zero-order valence-electron chi connectivity index (χ0n) is 24.5. The Bertz CT molecular complexity index is 1360. The largest absolute Gasteiger partial charge is 0.457 e. The first-order chi connectivity index (χ1) is 20.9. The minimum Gasteiger partial charge on any atom is -0.457 e. The van der Waals surface area contributed by atoms with Crippen LogP contribution in [-0.4, -0.2) is 42.6 Å². The summed E-state index contributed by atoms with van der Waals surface area (Å²) >= 11 is 0. The second-order valence-corrected chi connectivity index (χ2v) is 10.5. The fourth-order valence-corrected chi connectivity index (χ4v) is 5.59. The Kier molecular flexibility index (Phi) is 9.67. The molecule has 7 heteroatoms. The summed E-state index contributed by atoms with van der Waals surface area (Å²) in [5.74, 6) is -1.06. The van der Waals surface area contributed by atoms with Gasteiger partial charge in [-0.2, -0.15) is 0 Å². The SMILES string of the molecule is CC(=O)O[C@@H]1[C@@H](OC(c2ccccc2)(c2ccccc2)c2ccccc2)[C@@H](OC(C)=O)[C@H](OCc2ccccc2)O[C@H]1C. The highest BCUT2D eigenvalue weighted by molar-refractivity contribution is 5.67. The van der Waals surface area contributed by atoms with Crippen LogP contribution in [0.25, 0.3) is 0 Å². The molecule has 0 radical (unpaired) electrons. The van der Waals surface area contributed by atoms with Gasteiger partial charge in [0, 0.05) is 13.8 Å². The molecule has 0 amide bonds. The number of esters is 2. The van der Waals surface area contributed by atoms with Crippen molar-refractivity contribution in [3.8, 4) is 0 Å². The highest BCUT2D eigenvalue weighted by atomic mass is 16.7. The highest BCUT2D eigenvalue weighted by Gasteiger charge is 2.53. The molecule has 1 heterocycles. The zero-order valence-corrected chi connectivity index (χ0v) is 24.5. The molecule has 4 aromatic carbocycles. The molecule has 1 aliphatic rings. The molecular formula is C36H36O7. The standard InChI is InChI=1S/C36H36O7/c1-25-32(41-26(2)37)33(34(42-27(3)38)35(40-25)39-24-28-16-8-4-9-17-28)43-36(29-18-10-5-11-19-29,30-20-12-6-13-21-30)31-22-14-7-15-23-31/h4-23,25,32-35H,24H2,1-3H3/t25-,32-,33+,34+,35+/m0/s1. The van der Waals surface area contributed by atoms with Gasteiger partial charge in [0.15, 0.2) is 18.5 Å². The van der Waals surface area contributed by atoms with Crippen molar-refractivity contribution < 1.29 is 33.3 Å². The lowest BCUT2D eigenvalue weighted by Gasteiger charge is -2.48. The molecule has 0 N–H and O–H groups in total. The number of hydrogen-bond donors (Lipinski definition) is 0. The van der Waals surface area contributed by atoms with Crippen LogP contribution in [0, 0.1) is 0 Å². The van der Waals surface area contributed by atoms with Gasteiger partial charge in [0.2, 0.25) is 0 Å². The Balaban J connectivity index is 1.67. The van der Waals surface area contributed by atoms with E-state index in [0.29, 0.717) is 0 Å². The minimum atomic E-state index is -1.19. The van der Waals surface area contributed by atoms with Gasteiger partial charge >= 0.3 is 11.9 Å². The molecule has 0 aromatic heterocycles. The third kappa shape index (κ3) is 6.86. The fourth-order valence-electron chi connectivity index (χ4n) is 5.59. The Morgan fingerprint density at radius 1 is 0.628 bits per heavy atom. The molecule has 0 bridgehead atoms. The van der Waals surface area contributed by atoms with Crippen LogP contribution in [0.1, 0.15) is 43.0 Å². The van der Waals surface area contributed by atoms with Crippen molar-refractivity contribution in [2.24, 2.45) is 0 Å². The molecule has 5 atom stereocenters. The van der Waals surface area contributed by atoms with Crippen LogP contribution in [-0.2, 0) is 45.5 Å². The van der Waals surface area contributed by atoms with E-state index >= 15 is 0 Å². The van der Waals surface area contributed by atoms with Crippen molar-refractivity contribution in [3.63, 3.8) is 0 Å². The van der Waals surface area contributed by atoms with E-state index in [4.69, 9.17) is 23.7 Å². The van der Waals surface area contributed by atoms with Crippen molar-refractivity contribution in [1.29, 1.82) is 0 Å². The van der Waals surface area contributed by atoms with Gasteiger partial charge in [-0.15, -0.1) is 0 Å². The molecule has 0 unspecified atom stereocenters. The fraction of sp³-hybridized carbons (Fsp3) is 0.278. The Labute approximate surface area is 252 Å². The number of rotatable bonds is 10. The maximum absolute atomic E-state index is 12.6. The molecule has 5 rings (SSSR count). The molecule has 222 valence electrons. The molecule has 0 saturated carbocycles. The second-order valence-electron chi connectivity index (χ2n) is 10.5. The summed E-state index contributed by atoms with van der Waals surface area (Å²) in [4.78, 5) is 25.0. The monoisotopic (exact) mass is 580 g/mol. The smallest absolute Gasteiger partial charge is 0.303 e. The number of ether oxygens (including phenoxy) is 5. The molecule has 1 aliphatic heterocycles. The van der Waals surface area contributed by atoms with Crippen molar-refractivity contribution in [1.82, 2.24) is 0 Å². The van der Waals surface area contributed by atoms with Gasteiger partial charge in [-0.3, -0.25) is 9.59 Å². The number of hydrogen-bond acceptors (Lipinski definition) is 7. The summed E-state index contributed by atoms with van der Waals surface area (Å²) in [6.45, 7) is 4.66. The minimum absolute atomic E-state index is 0.210. The summed E-state index contributed by atoms with van der Waals surface area (Å²) in [5, 5.41) is 0. The molecule has 43 heavy (non-hydrogen) atoms. The van der Waals surface area contributed by atoms with Gasteiger partial charge < -0.3 is 23.7 Å². The Morgan fingerprint density at radius 2 is 1.05 bits per heavy atom. The van der Waals surface area contributed by atoms with Gasteiger partial charge in [-0.25, -0.2) is 0 Å². The lowest BCUT2D eigenvalue weighted by molar-refractivity contribution is -0.316. The third-order valence-corrected chi connectivity index (χ3v) is 7.44. The van der Waals surface area contributed by atoms with E-state index in [-0.39, 0.29) is 6.61 Å². The predicted molar refractivity (Wildman–Crippen MR) is 161 cm³/mol. The summed E-state index contributed by atoms with van der Waals surface area (Å²) in [5.41, 5.74) is 2.27. The van der Waals surface area contributed by atoms with Crippen LogP contribution < -0.4 is 0 Å². The summed E-state index contributed by atoms with van der Waals surface area (Å²) in [6.07, 6.45) is -4.64. The predicted octanol–water partition coefficient (Wildman–Crippen LogP) is 6.19. The van der Waals surface area contributed by atoms with E-state index in [1.165, 1.54) is 13.8 Å².